The molecule has 1 N–H and O–H groups in total. The number of aliphatic hydroxyl groups is 1. The molecule has 0 saturated carbocycles. The maximum Gasteiger partial charge on any atom is 0.0969 e. The van der Waals surface area contributed by atoms with Crippen molar-refractivity contribution in [1.29, 1.82) is 0 Å². The lowest BCUT2D eigenvalue weighted by Crippen LogP contribution is -1.92. The molecular formula is C20H16ClNO. The predicted molar refractivity (Wildman–Crippen MR) is 97.3 cm³/mol. The number of aromatic nitrogens is 1. The molecule has 0 radical (unpaired) electrons. The van der Waals surface area contributed by atoms with Crippen molar-refractivity contribution in [2.24, 2.45) is 0 Å². The Balaban J connectivity index is 1.89. The van der Waals surface area contributed by atoms with Crippen LogP contribution in [0.2, 0.25) is 5.02 Å². The normalized spacial score (nSPS) is 12.6. The highest BCUT2D eigenvalue weighted by molar-refractivity contribution is 6.31. The van der Waals surface area contributed by atoms with E-state index in [1.807, 2.05) is 66.7 Å². The molecule has 0 saturated heterocycles. The van der Waals surface area contributed by atoms with Crippen LogP contribution in [0, 0.1) is 0 Å². The Morgan fingerprint density at radius 2 is 1.87 bits per heavy atom. The zero-order chi connectivity index (χ0) is 16.2. The van der Waals surface area contributed by atoms with Crippen LogP contribution in [-0.2, 0) is 0 Å². The Kier molecular flexibility index (Phi) is 4.56. The van der Waals surface area contributed by atoms with Gasteiger partial charge in [-0.25, -0.2) is 4.98 Å². The second-order valence-corrected chi connectivity index (χ2v) is 5.69. The van der Waals surface area contributed by atoms with Gasteiger partial charge >= 0.3 is 0 Å². The summed E-state index contributed by atoms with van der Waals surface area (Å²) < 4.78 is 0. The molecule has 2 aromatic carbocycles. The molecule has 0 bridgehead atoms. The second kappa shape index (κ2) is 6.78. The maximum atomic E-state index is 9.82. The lowest BCUT2D eigenvalue weighted by atomic mass is 10.1. The summed E-state index contributed by atoms with van der Waals surface area (Å²) in [4.78, 5) is 4.59. The largest absolute Gasteiger partial charge is 0.384 e. The molecule has 23 heavy (non-hydrogen) atoms. The molecule has 2 nitrogen and oxygen atoms in total. The number of pyridine rings is 1. The average molecular weight is 322 g/mol. The number of hydrogen-bond donors (Lipinski definition) is 1. The van der Waals surface area contributed by atoms with Gasteiger partial charge in [0.15, 0.2) is 0 Å². The van der Waals surface area contributed by atoms with Crippen LogP contribution in [0.1, 0.15) is 22.9 Å². The number of halogens is 1. The van der Waals surface area contributed by atoms with Crippen molar-refractivity contribution in [3.8, 4) is 0 Å². The van der Waals surface area contributed by atoms with E-state index in [2.05, 4.69) is 11.6 Å². The molecule has 114 valence electrons. The molecule has 3 rings (SSSR count). The van der Waals surface area contributed by atoms with E-state index >= 15 is 0 Å². The molecule has 1 heterocycles. The molecule has 0 amide bonds. The molecule has 3 aromatic rings. The molecule has 0 aliphatic rings. The average Bonchev–Trinajstić information content (AvgIpc) is 2.59. The van der Waals surface area contributed by atoms with Gasteiger partial charge in [-0.1, -0.05) is 54.1 Å². The number of rotatable bonds is 4. The summed E-state index contributed by atoms with van der Waals surface area (Å²) in [5, 5.41) is 11.6. The van der Waals surface area contributed by atoms with Gasteiger partial charge in [-0.3, -0.25) is 0 Å². The van der Waals surface area contributed by atoms with Crippen molar-refractivity contribution in [2.75, 3.05) is 0 Å². The van der Waals surface area contributed by atoms with Crippen LogP contribution in [-0.4, -0.2) is 10.1 Å². The Labute approximate surface area is 140 Å². The van der Waals surface area contributed by atoms with Crippen LogP contribution in [0.25, 0.3) is 23.1 Å². The van der Waals surface area contributed by atoms with Gasteiger partial charge in [-0.05, 0) is 41.5 Å². The van der Waals surface area contributed by atoms with E-state index in [1.165, 1.54) is 6.08 Å². The first-order valence-corrected chi connectivity index (χ1v) is 7.68. The summed E-state index contributed by atoms with van der Waals surface area (Å²) in [6.45, 7) is 3.61. The van der Waals surface area contributed by atoms with Crippen LogP contribution in [0.4, 0.5) is 0 Å². The van der Waals surface area contributed by atoms with E-state index in [-0.39, 0.29) is 0 Å². The maximum absolute atomic E-state index is 9.82. The highest BCUT2D eigenvalue weighted by Gasteiger charge is 2.02. The fourth-order valence-corrected chi connectivity index (χ4v) is 2.53. The van der Waals surface area contributed by atoms with Crippen molar-refractivity contribution in [2.45, 2.75) is 6.10 Å². The highest BCUT2D eigenvalue weighted by atomic mass is 35.5. The minimum atomic E-state index is -0.649. The Morgan fingerprint density at radius 1 is 1.04 bits per heavy atom. The van der Waals surface area contributed by atoms with Gasteiger partial charge < -0.3 is 5.11 Å². The predicted octanol–water partition coefficient (Wildman–Crippen LogP) is 5.28. The number of benzene rings is 2. The minimum Gasteiger partial charge on any atom is -0.384 e. The Hall–Kier alpha value is -2.42. The van der Waals surface area contributed by atoms with Gasteiger partial charge in [-0.15, -0.1) is 6.58 Å². The quantitative estimate of drug-likeness (QED) is 0.663. The number of fused-ring (bicyclic) bond motifs is 1. The van der Waals surface area contributed by atoms with Gasteiger partial charge in [-0.2, -0.15) is 0 Å². The summed E-state index contributed by atoms with van der Waals surface area (Å²) in [6.07, 6.45) is 4.78. The molecule has 1 aromatic heterocycles. The Morgan fingerprint density at radius 3 is 2.70 bits per heavy atom. The first kappa shape index (κ1) is 15.5. The van der Waals surface area contributed by atoms with Gasteiger partial charge in [0.2, 0.25) is 0 Å². The first-order valence-electron chi connectivity index (χ1n) is 7.31. The van der Waals surface area contributed by atoms with Crippen LogP contribution in [0.5, 0.6) is 0 Å². The smallest absolute Gasteiger partial charge is 0.0969 e. The Bertz CT molecular complexity index is 886. The van der Waals surface area contributed by atoms with Crippen molar-refractivity contribution < 1.29 is 5.11 Å². The van der Waals surface area contributed by atoms with E-state index in [0.717, 1.165) is 27.7 Å². The molecular weight excluding hydrogens is 306 g/mol. The number of nitrogens with zero attached hydrogens (tertiary/aromatic N) is 1. The van der Waals surface area contributed by atoms with E-state index in [0.29, 0.717) is 5.02 Å². The van der Waals surface area contributed by atoms with Gasteiger partial charge in [0.25, 0.3) is 0 Å². The first-order chi connectivity index (χ1) is 11.2. The van der Waals surface area contributed by atoms with Crippen molar-refractivity contribution in [3.05, 3.63) is 89.1 Å². The molecule has 0 spiro atoms. The third kappa shape index (κ3) is 3.67. The molecule has 3 heteroatoms. The van der Waals surface area contributed by atoms with Gasteiger partial charge in [0.05, 0.1) is 17.3 Å². The minimum absolute atomic E-state index is 0.649. The molecule has 0 aliphatic heterocycles. The third-order valence-electron chi connectivity index (χ3n) is 3.60. The zero-order valence-electron chi connectivity index (χ0n) is 12.5. The van der Waals surface area contributed by atoms with E-state index in [9.17, 15) is 5.11 Å². The fourth-order valence-electron chi connectivity index (χ4n) is 2.36. The zero-order valence-corrected chi connectivity index (χ0v) is 13.2. The van der Waals surface area contributed by atoms with Crippen molar-refractivity contribution in [1.82, 2.24) is 4.98 Å². The SMILES string of the molecule is C=CC(O)c1cccc(/C=C/c2ccc3ccc(Cl)cc3n2)c1. The number of aliphatic hydroxyl groups excluding tert-OH is 1. The summed E-state index contributed by atoms with van der Waals surface area (Å²) in [5.41, 5.74) is 3.54. The molecule has 1 unspecified atom stereocenters. The number of hydrogen-bond acceptors (Lipinski definition) is 2. The van der Waals surface area contributed by atoms with Crippen LogP contribution in [0.15, 0.2) is 67.3 Å². The molecule has 1 atom stereocenters. The standard InChI is InChI=1S/C20H16ClNO/c1-2-20(23)16-5-3-4-14(12-16)6-10-18-11-8-15-7-9-17(21)13-19(15)22-18/h2-13,20,23H,1H2/b10-6+. The topological polar surface area (TPSA) is 33.1 Å². The monoisotopic (exact) mass is 321 g/mol. The summed E-state index contributed by atoms with van der Waals surface area (Å²) >= 11 is 6.01. The third-order valence-corrected chi connectivity index (χ3v) is 3.83. The highest BCUT2D eigenvalue weighted by Crippen LogP contribution is 2.20. The lowest BCUT2D eigenvalue weighted by Gasteiger charge is -2.06. The molecule has 0 fully saturated rings. The van der Waals surface area contributed by atoms with E-state index in [4.69, 9.17) is 11.6 Å². The van der Waals surface area contributed by atoms with Crippen LogP contribution >= 0.6 is 11.6 Å². The van der Waals surface area contributed by atoms with E-state index < -0.39 is 6.10 Å². The fraction of sp³-hybridized carbons (Fsp3) is 0.0500. The van der Waals surface area contributed by atoms with Gasteiger partial charge in [0, 0.05) is 10.4 Å². The van der Waals surface area contributed by atoms with Crippen LogP contribution in [0.3, 0.4) is 0 Å². The summed E-state index contributed by atoms with van der Waals surface area (Å²) in [6, 6.07) is 17.4. The lowest BCUT2D eigenvalue weighted by molar-refractivity contribution is 0.229. The van der Waals surface area contributed by atoms with E-state index in [1.54, 1.807) is 0 Å². The second-order valence-electron chi connectivity index (χ2n) is 5.26. The van der Waals surface area contributed by atoms with Gasteiger partial charge in [0.1, 0.15) is 0 Å². The van der Waals surface area contributed by atoms with Crippen molar-refractivity contribution >= 4 is 34.7 Å². The molecule has 0 aliphatic carbocycles. The van der Waals surface area contributed by atoms with Crippen LogP contribution < -0.4 is 0 Å². The van der Waals surface area contributed by atoms with Crippen molar-refractivity contribution in [3.63, 3.8) is 0 Å². The summed E-state index contributed by atoms with van der Waals surface area (Å²) in [7, 11) is 0. The summed E-state index contributed by atoms with van der Waals surface area (Å²) in [5.74, 6) is 0.